The Balaban J connectivity index is 1.88. The number of hydrogen-bond donors (Lipinski definition) is 3. The molecule has 4 aromatic rings. The number of rotatable bonds is 6. The van der Waals surface area contributed by atoms with E-state index in [1.807, 2.05) is 56.3 Å². The first-order valence-electron chi connectivity index (χ1n) is 10.4. The zero-order valence-electron chi connectivity index (χ0n) is 18.8. The van der Waals surface area contributed by atoms with Gasteiger partial charge in [-0.3, -0.25) is 0 Å². The first kappa shape index (κ1) is 22.5. The van der Waals surface area contributed by atoms with Crippen molar-refractivity contribution in [3.8, 4) is 11.1 Å². The second-order valence-corrected chi connectivity index (χ2v) is 8.33. The van der Waals surface area contributed by atoms with Crippen molar-refractivity contribution in [2.75, 3.05) is 5.32 Å². The molecule has 2 aromatic heterocycles. The topological polar surface area (TPSA) is 108 Å². The van der Waals surface area contributed by atoms with E-state index in [0.717, 1.165) is 33.5 Å². The number of anilines is 1. The Labute approximate surface area is 196 Å². The SMILES string of the molecule is CC(=N)/C(=C(/C)O)c1nc(NCc2cccc(Cl)c2)c2cc(-c3c(C)noc3C)ccc2n1. The van der Waals surface area contributed by atoms with E-state index < -0.39 is 0 Å². The molecular formula is C25H24ClN5O2. The maximum atomic E-state index is 10.2. The molecule has 8 heteroatoms. The lowest BCUT2D eigenvalue weighted by atomic mass is 10.0. The number of aliphatic hydroxyl groups is 1. The molecule has 0 spiro atoms. The van der Waals surface area contributed by atoms with Crippen LogP contribution in [0.3, 0.4) is 0 Å². The number of fused-ring (bicyclic) bond motifs is 1. The quantitative estimate of drug-likeness (QED) is 0.223. The number of allylic oxidation sites excluding steroid dienone is 2. The van der Waals surface area contributed by atoms with Crippen molar-refractivity contribution in [3.05, 3.63) is 76.1 Å². The Kier molecular flexibility index (Phi) is 6.16. The van der Waals surface area contributed by atoms with E-state index in [2.05, 4.69) is 15.5 Å². The number of halogens is 1. The summed E-state index contributed by atoms with van der Waals surface area (Å²) in [4.78, 5) is 9.34. The van der Waals surface area contributed by atoms with E-state index in [1.165, 1.54) is 6.92 Å². The number of hydrogen-bond acceptors (Lipinski definition) is 7. The summed E-state index contributed by atoms with van der Waals surface area (Å²) >= 11 is 6.14. The maximum Gasteiger partial charge on any atom is 0.167 e. The highest BCUT2D eigenvalue weighted by atomic mass is 35.5. The molecule has 7 nitrogen and oxygen atoms in total. The number of benzene rings is 2. The summed E-state index contributed by atoms with van der Waals surface area (Å²) in [6, 6.07) is 13.4. The molecule has 0 aliphatic carbocycles. The number of nitrogens with zero attached hydrogens (tertiary/aromatic N) is 3. The number of aliphatic hydroxyl groups excluding tert-OH is 1. The summed E-state index contributed by atoms with van der Waals surface area (Å²) in [7, 11) is 0. The largest absolute Gasteiger partial charge is 0.512 e. The fraction of sp³-hybridized carbons (Fsp3) is 0.200. The van der Waals surface area contributed by atoms with E-state index in [-0.39, 0.29) is 17.3 Å². The Hall–Kier alpha value is -3.71. The monoisotopic (exact) mass is 461 g/mol. The van der Waals surface area contributed by atoms with Crippen molar-refractivity contribution < 1.29 is 9.63 Å². The van der Waals surface area contributed by atoms with Crippen LogP contribution in [-0.2, 0) is 6.54 Å². The predicted molar refractivity (Wildman–Crippen MR) is 132 cm³/mol. The third kappa shape index (κ3) is 4.59. The summed E-state index contributed by atoms with van der Waals surface area (Å²) < 4.78 is 5.34. The van der Waals surface area contributed by atoms with E-state index in [4.69, 9.17) is 26.5 Å². The van der Waals surface area contributed by atoms with Gasteiger partial charge in [-0.1, -0.05) is 35.0 Å². The Morgan fingerprint density at radius 1 is 1.12 bits per heavy atom. The lowest BCUT2D eigenvalue weighted by Crippen LogP contribution is -2.09. The van der Waals surface area contributed by atoms with Gasteiger partial charge in [-0.25, -0.2) is 9.97 Å². The Bertz CT molecular complexity index is 1380. The minimum absolute atomic E-state index is 0.00465. The van der Waals surface area contributed by atoms with Gasteiger partial charge in [-0.05, 0) is 63.1 Å². The molecule has 3 N–H and O–H groups in total. The van der Waals surface area contributed by atoms with Crippen molar-refractivity contribution in [1.82, 2.24) is 15.1 Å². The summed E-state index contributed by atoms with van der Waals surface area (Å²) in [5.74, 6) is 1.60. The molecule has 0 unspecified atom stereocenters. The summed E-state index contributed by atoms with van der Waals surface area (Å²) in [5, 5.41) is 27.2. The van der Waals surface area contributed by atoms with Crippen molar-refractivity contribution in [2.45, 2.75) is 34.2 Å². The third-order valence-corrected chi connectivity index (χ3v) is 5.56. The van der Waals surface area contributed by atoms with Crippen LogP contribution in [0.5, 0.6) is 0 Å². The van der Waals surface area contributed by atoms with Crippen LogP contribution in [0.25, 0.3) is 27.6 Å². The van der Waals surface area contributed by atoms with Crippen LogP contribution < -0.4 is 5.32 Å². The van der Waals surface area contributed by atoms with Crippen molar-refractivity contribution in [1.29, 1.82) is 5.41 Å². The highest BCUT2D eigenvalue weighted by Gasteiger charge is 2.18. The van der Waals surface area contributed by atoms with E-state index in [1.54, 1.807) is 6.92 Å². The summed E-state index contributed by atoms with van der Waals surface area (Å²) in [6.45, 7) is 7.40. The fourth-order valence-electron chi connectivity index (χ4n) is 3.86. The average molecular weight is 462 g/mol. The summed E-state index contributed by atoms with van der Waals surface area (Å²) in [6.07, 6.45) is 0. The zero-order valence-corrected chi connectivity index (χ0v) is 19.6. The molecule has 2 heterocycles. The molecule has 0 atom stereocenters. The molecule has 0 amide bonds. The highest BCUT2D eigenvalue weighted by Crippen LogP contribution is 2.32. The number of aryl methyl sites for hydroxylation is 2. The van der Waals surface area contributed by atoms with Crippen LogP contribution >= 0.6 is 11.6 Å². The minimum Gasteiger partial charge on any atom is -0.512 e. The van der Waals surface area contributed by atoms with Gasteiger partial charge in [0, 0.05) is 28.2 Å². The molecule has 0 aliphatic heterocycles. The van der Waals surface area contributed by atoms with Crippen LogP contribution in [0, 0.1) is 19.3 Å². The van der Waals surface area contributed by atoms with Gasteiger partial charge in [0.05, 0.1) is 16.8 Å². The predicted octanol–water partition coefficient (Wildman–Crippen LogP) is 6.50. The third-order valence-electron chi connectivity index (χ3n) is 5.33. The molecular weight excluding hydrogens is 438 g/mol. The van der Waals surface area contributed by atoms with Crippen LogP contribution in [0.15, 0.2) is 52.7 Å². The van der Waals surface area contributed by atoms with Crippen LogP contribution in [0.2, 0.25) is 5.02 Å². The van der Waals surface area contributed by atoms with Crippen LogP contribution in [0.4, 0.5) is 5.82 Å². The van der Waals surface area contributed by atoms with Gasteiger partial charge in [0.1, 0.15) is 17.3 Å². The Morgan fingerprint density at radius 2 is 1.91 bits per heavy atom. The normalized spacial score (nSPS) is 12.0. The smallest absolute Gasteiger partial charge is 0.167 e. The number of aromatic nitrogens is 3. The van der Waals surface area contributed by atoms with Crippen molar-refractivity contribution >= 4 is 39.6 Å². The molecule has 0 saturated carbocycles. The van der Waals surface area contributed by atoms with Gasteiger partial charge in [-0.15, -0.1) is 0 Å². The van der Waals surface area contributed by atoms with E-state index in [9.17, 15) is 5.11 Å². The molecule has 168 valence electrons. The van der Waals surface area contributed by atoms with Crippen LogP contribution in [0.1, 0.15) is 36.7 Å². The maximum absolute atomic E-state index is 10.2. The van der Waals surface area contributed by atoms with Gasteiger partial charge in [-0.2, -0.15) is 0 Å². The highest BCUT2D eigenvalue weighted by molar-refractivity contribution is 6.30. The first-order chi connectivity index (χ1) is 15.7. The minimum atomic E-state index is -0.00465. The van der Waals surface area contributed by atoms with E-state index >= 15 is 0 Å². The molecule has 0 aliphatic rings. The number of nitrogens with one attached hydrogen (secondary N) is 2. The summed E-state index contributed by atoms with van der Waals surface area (Å²) in [5.41, 5.74) is 4.85. The molecule has 2 aromatic carbocycles. The lowest BCUT2D eigenvalue weighted by Gasteiger charge is -2.14. The molecule has 0 bridgehead atoms. The molecule has 0 fully saturated rings. The van der Waals surface area contributed by atoms with Crippen LogP contribution in [-0.4, -0.2) is 25.9 Å². The fourth-order valence-corrected chi connectivity index (χ4v) is 4.07. The second kappa shape index (κ2) is 9.03. The first-order valence-corrected chi connectivity index (χ1v) is 10.8. The standard InChI is InChI=1S/C25H24ClN5O2/c1-13(27)22(15(3)32)25-29-21-9-8-18(23-14(2)31-33-16(23)4)11-20(21)24(30-25)28-12-17-6-5-7-19(26)10-17/h5-11,27,32H,12H2,1-4H3,(H,28,29,30)/b22-15+,27-13?. The second-order valence-electron chi connectivity index (χ2n) is 7.90. The zero-order chi connectivity index (χ0) is 23.7. The van der Waals surface area contributed by atoms with Gasteiger partial charge < -0.3 is 20.4 Å². The van der Waals surface area contributed by atoms with E-state index in [0.29, 0.717) is 28.5 Å². The van der Waals surface area contributed by atoms with Gasteiger partial charge >= 0.3 is 0 Å². The van der Waals surface area contributed by atoms with Crippen molar-refractivity contribution in [3.63, 3.8) is 0 Å². The van der Waals surface area contributed by atoms with Crippen molar-refractivity contribution in [2.24, 2.45) is 0 Å². The lowest BCUT2D eigenvalue weighted by molar-refractivity contribution is 0.393. The molecule has 33 heavy (non-hydrogen) atoms. The molecule has 0 saturated heterocycles. The van der Waals surface area contributed by atoms with Gasteiger partial charge in [0.15, 0.2) is 5.82 Å². The molecule has 4 rings (SSSR count). The van der Waals surface area contributed by atoms with Gasteiger partial charge in [0.25, 0.3) is 0 Å². The molecule has 0 radical (unpaired) electrons. The average Bonchev–Trinajstić information content (AvgIpc) is 3.09. The van der Waals surface area contributed by atoms with Gasteiger partial charge in [0.2, 0.25) is 0 Å². The Morgan fingerprint density at radius 3 is 2.55 bits per heavy atom.